The van der Waals surface area contributed by atoms with Crippen molar-refractivity contribution in [2.24, 2.45) is 0 Å². The fourth-order valence-electron chi connectivity index (χ4n) is 1.10. The minimum atomic E-state index is -0.314. The third-order valence-electron chi connectivity index (χ3n) is 1.81. The summed E-state index contributed by atoms with van der Waals surface area (Å²) in [6.07, 6.45) is 0. The molecule has 2 nitrogen and oxygen atoms in total. The molecule has 1 aromatic carbocycles. The summed E-state index contributed by atoms with van der Waals surface area (Å²) in [4.78, 5) is 0. The van der Waals surface area contributed by atoms with E-state index in [-0.39, 0.29) is 18.5 Å². The summed E-state index contributed by atoms with van der Waals surface area (Å²) < 4.78 is 13.1. The van der Waals surface area contributed by atoms with Gasteiger partial charge in [-0.1, -0.05) is 18.2 Å². The first-order valence-electron chi connectivity index (χ1n) is 3.82. The van der Waals surface area contributed by atoms with E-state index in [1.807, 2.05) is 0 Å². The molecule has 3 heteroatoms. The van der Waals surface area contributed by atoms with E-state index in [4.69, 9.17) is 5.11 Å². The summed E-state index contributed by atoms with van der Waals surface area (Å²) in [7, 11) is 1.69. The average Bonchev–Trinajstić information content (AvgIpc) is 2.10. The smallest absolute Gasteiger partial charge is 0.128 e. The van der Waals surface area contributed by atoms with Crippen molar-refractivity contribution in [2.75, 3.05) is 13.7 Å². The molecule has 0 spiro atoms. The third kappa shape index (κ3) is 1.81. The first-order valence-corrected chi connectivity index (χ1v) is 3.82. The molecule has 1 aromatic rings. The van der Waals surface area contributed by atoms with Gasteiger partial charge in [-0.2, -0.15) is 0 Å². The molecule has 1 rings (SSSR count). The maximum Gasteiger partial charge on any atom is 0.128 e. The van der Waals surface area contributed by atoms with E-state index in [2.05, 4.69) is 5.32 Å². The second-order valence-corrected chi connectivity index (χ2v) is 2.55. The molecule has 0 saturated heterocycles. The van der Waals surface area contributed by atoms with Crippen LogP contribution in [0.1, 0.15) is 11.6 Å². The molecule has 0 unspecified atom stereocenters. The van der Waals surface area contributed by atoms with Crippen molar-refractivity contribution in [3.05, 3.63) is 35.6 Å². The van der Waals surface area contributed by atoms with E-state index in [0.717, 1.165) is 0 Å². The number of hydrogen-bond donors (Lipinski definition) is 2. The maximum atomic E-state index is 13.1. The van der Waals surface area contributed by atoms with Gasteiger partial charge in [0.2, 0.25) is 0 Å². The summed E-state index contributed by atoms with van der Waals surface area (Å²) in [5.74, 6) is -0.286. The lowest BCUT2D eigenvalue weighted by atomic mass is 10.1. The predicted octanol–water partition coefficient (Wildman–Crippen LogP) is 1.08. The molecule has 0 saturated carbocycles. The highest BCUT2D eigenvalue weighted by Gasteiger charge is 2.10. The van der Waals surface area contributed by atoms with Crippen LogP contribution in [-0.2, 0) is 0 Å². The Kier molecular flexibility index (Phi) is 3.19. The molecule has 66 valence electrons. The van der Waals surface area contributed by atoms with Crippen LogP contribution >= 0.6 is 0 Å². The Morgan fingerprint density at radius 1 is 1.50 bits per heavy atom. The minimum absolute atomic E-state index is 0.0998. The number of aliphatic hydroxyl groups excluding tert-OH is 1. The molecule has 0 aliphatic carbocycles. The van der Waals surface area contributed by atoms with Gasteiger partial charge in [-0.05, 0) is 13.1 Å². The minimum Gasteiger partial charge on any atom is -0.394 e. The molecule has 0 aromatic heterocycles. The van der Waals surface area contributed by atoms with Gasteiger partial charge in [0, 0.05) is 5.56 Å². The molecule has 0 radical (unpaired) electrons. The molecular weight excluding hydrogens is 157 g/mol. The third-order valence-corrected chi connectivity index (χ3v) is 1.81. The molecule has 0 aliphatic heterocycles. The van der Waals surface area contributed by atoms with Crippen molar-refractivity contribution < 1.29 is 9.50 Å². The molecule has 0 amide bonds. The Bertz CT molecular complexity index is 248. The van der Waals surface area contributed by atoms with Crippen LogP contribution in [-0.4, -0.2) is 18.8 Å². The van der Waals surface area contributed by atoms with Crippen LogP contribution in [0.4, 0.5) is 4.39 Å². The van der Waals surface area contributed by atoms with Crippen LogP contribution in [0.5, 0.6) is 0 Å². The van der Waals surface area contributed by atoms with Gasteiger partial charge in [0.15, 0.2) is 0 Å². The van der Waals surface area contributed by atoms with E-state index in [1.54, 1.807) is 25.2 Å². The second-order valence-electron chi connectivity index (χ2n) is 2.55. The Hall–Kier alpha value is -0.930. The van der Waals surface area contributed by atoms with Crippen molar-refractivity contribution in [1.82, 2.24) is 5.32 Å². The standard InChI is InChI=1S/C9H12FNO/c1-11-9(6-12)7-4-2-3-5-8(7)10/h2-5,9,11-12H,6H2,1H3/t9-/m0/s1. The highest BCUT2D eigenvalue weighted by atomic mass is 19.1. The van der Waals surface area contributed by atoms with Crippen molar-refractivity contribution in [2.45, 2.75) is 6.04 Å². The lowest BCUT2D eigenvalue weighted by Crippen LogP contribution is -2.20. The van der Waals surface area contributed by atoms with Crippen LogP contribution in [0, 0.1) is 5.82 Å². The van der Waals surface area contributed by atoms with Gasteiger partial charge in [-0.3, -0.25) is 0 Å². The molecule has 12 heavy (non-hydrogen) atoms. The molecule has 0 aliphatic rings. The van der Waals surface area contributed by atoms with Crippen molar-refractivity contribution in [3.63, 3.8) is 0 Å². The fourth-order valence-corrected chi connectivity index (χ4v) is 1.10. The van der Waals surface area contributed by atoms with Crippen molar-refractivity contribution in [1.29, 1.82) is 0 Å². The SMILES string of the molecule is CN[C@@H](CO)c1ccccc1F. The monoisotopic (exact) mass is 169 g/mol. The zero-order chi connectivity index (χ0) is 8.97. The van der Waals surface area contributed by atoms with Crippen molar-refractivity contribution in [3.8, 4) is 0 Å². The van der Waals surface area contributed by atoms with Gasteiger partial charge in [-0.25, -0.2) is 4.39 Å². The number of aliphatic hydroxyl groups is 1. The topological polar surface area (TPSA) is 32.3 Å². The number of halogens is 1. The van der Waals surface area contributed by atoms with Gasteiger partial charge in [0.1, 0.15) is 5.82 Å². The Morgan fingerprint density at radius 2 is 2.17 bits per heavy atom. The van der Waals surface area contributed by atoms with Crippen LogP contribution < -0.4 is 5.32 Å². The second kappa shape index (κ2) is 4.18. The normalized spacial score (nSPS) is 12.9. The van der Waals surface area contributed by atoms with Crippen LogP contribution in [0.15, 0.2) is 24.3 Å². The number of benzene rings is 1. The first kappa shape index (κ1) is 9.16. The number of hydrogen-bond acceptors (Lipinski definition) is 2. The zero-order valence-corrected chi connectivity index (χ0v) is 6.92. The number of likely N-dealkylation sites (N-methyl/N-ethyl adjacent to an activating group) is 1. The molecule has 1 atom stereocenters. The van der Waals surface area contributed by atoms with Gasteiger partial charge in [0.05, 0.1) is 12.6 Å². The average molecular weight is 169 g/mol. The largest absolute Gasteiger partial charge is 0.394 e. The Labute approximate surface area is 71.0 Å². The van der Waals surface area contributed by atoms with Crippen LogP contribution in [0.2, 0.25) is 0 Å². The highest BCUT2D eigenvalue weighted by Crippen LogP contribution is 2.15. The lowest BCUT2D eigenvalue weighted by Gasteiger charge is -2.13. The van der Waals surface area contributed by atoms with E-state index in [0.29, 0.717) is 5.56 Å². The van der Waals surface area contributed by atoms with E-state index in [1.165, 1.54) is 6.07 Å². The maximum absolute atomic E-state index is 13.1. The Balaban J connectivity index is 2.92. The van der Waals surface area contributed by atoms with Gasteiger partial charge >= 0.3 is 0 Å². The zero-order valence-electron chi connectivity index (χ0n) is 6.92. The lowest BCUT2D eigenvalue weighted by molar-refractivity contribution is 0.248. The summed E-state index contributed by atoms with van der Waals surface area (Å²) in [6.45, 7) is -0.0998. The molecular formula is C9H12FNO. The fraction of sp³-hybridized carbons (Fsp3) is 0.333. The first-order chi connectivity index (χ1) is 5.79. The Morgan fingerprint density at radius 3 is 2.67 bits per heavy atom. The quantitative estimate of drug-likeness (QED) is 0.709. The van der Waals surface area contributed by atoms with Gasteiger partial charge in [-0.15, -0.1) is 0 Å². The van der Waals surface area contributed by atoms with Gasteiger partial charge in [0.25, 0.3) is 0 Å². The van der Waals surface area contributed by atoms with Gasteiger partial charge < -0.3 is 10.4 Å². The summed E-state index contributed by atoms with van der Waals surface area (Å²) >= 11 is 0. The van der Waals surface area contributed by atoms with Crippen molar-refractivity contribution >= 4 is 0 Å². The molecule has 0 fully saturated rings. The molecule has 0 bridgehead atoms. The van der Waals surface area contributed by atoms with E-state index >= 15 is 0 Å². The van der Waals surface area contributed by atoms with E-state index < -0.39 is 0 Å². The van der Waals surface area contributed by atoms with Crippen LogP contribution in [0.3, 0.4) is 0 Å². The van der Waals surface area contributed by atoms with E-state index in [9.17, 15) is 4.39 Å². The predicted molar refractivity (Wildman–Crippen MR) is 45.3 cm³/mol. The molecule has 2 N–H and O–H groups in total. The van der Waals surface area contributed by atoms with Crippen LogP contribution in [0.25, 0.3) is 0 Å². The summed E-state index contributed by atoms with van der Waals surface area (Å²) in [6, 6.07) is 6.11. The molecule has 0 heterocycles. The summed E-state index contributed by atoms with van der Waals surface area (Å²) in [5, 5.41) is 11.7. The number of nitrogens with one attached hydrogen (secondary N) is 1. The summed E-state index contributed by atoms with van der Waals surface area (Å²) in [5.41, 5.74) is 0.502. The number of rotatable bonds is 3. The highest BCUT2D eigenvalue weighted by molar-refractivity contribution is 5.21.